The van der Waals surface area contributed by atoms with E-state index in [1.807, 2.05) is 0 Å². The number of aldehydes is 1. The molecule has 0 aliphatic rings. The van der Waals surface area contributed by atoms with Gasteiger partial charge in [-0.15, -0.1) is 0 Å². The van der Waals surface area contributed by atoms with E-state index in [-0.39, 0.29) is 16.9 Å². The molecule has 1 atom stereocenters. The molecular weight excluding hydrogens is 270 g/mol. The van der Waals surface area contributed by atoms with Gasteiger partial charge in [-0.25, -0.2) is 13.1 Å². The maximum absolute atomic E-state index is 11.9. The molecule has 1 unspecified atom stereocenters. The topological polar surface area (TPSA) is 89.5 Å². The van der Waals surface area contributed by atoms with Crippen molar-refractivity contribution in [2.45, 2.75) is 24.5 Å². The number of carbonyl (C=O) groups is 1. The Morgan fingerprint density at radius 2 is 2.16 bits per heavy atom. The molecule has 0 radical (unpaired) electrons. The first kappa shape index (κ1) is 13.6. The molecule has 0 fully saturated rings. The van der Waals surface area contributed by atoms with Crippen LogP contribution in [0.4, 0.5) is 0 Å². The summed E-state index contributed by atoms with van der Waals surface area (Å²) in [6, 6.07) is 5.69. The molecule has 0 spiro atoms. The minimum atomic E-state index is -3.77. The molecule has 7 heteroatoms. The Morgan fingerprint density at radius 1 is 1.37 bits per heavy atom. The third kappa shape index (κ3) is 3.33. The molecule has 2 rings (SSSR count). The van der Waals surface area contributed by atoms with Crippen LogP contribution in [-0.2, 0) is 16.4 Å². The largest absolute Gasteiger partial charge is 0.469 e. The summed E-state index contributed by atoms with van der Waals surface area (Å²) < 4.78 is 36.4. The van der Waals surface area contributed by atoms with Crippen molar-refractivity contribution in [2.24, 2.45) is 0 Å². The van der Waals surface area contributed by atoms with Crippen LogP contribution in [0.15, 0.2) is 44.5 Å². The third-order valence-electron chi connectivity index (χ3n) is 2.43. The Labute approximate surface area is 110 Å². The Balaban J connectivity index is 2.06. The normalized spacial score (nSPS) is 13.3. The summed E-state index contributed by atoms with van der Waals surface area (Å²) in [5, 5.41) is -0.277. The number of rotatable bonds is 6. The molecule has 6 nitrogen and oxygen atoms in total. The molecular formula is C12H13NO5S. The van der Waals surface area contributed by atoms with Gasteiger partial charge in [-0.05, 0) is 31.2 Å². The Kier molecular flexibility index (Phi) is 3.87. The van der Waals surface area contributed by atoms with Gasteiger partial charge in [0.15, 0.2) is 12.0 Å². The van der Waals surface area contributed by atoms with E-state index in [1.54, 1.807) is 19.1 Å². The fourth-order valence-electron chi connectivity index (χ4n) is 1.64. The number of hydrogen-bond donors (Lipinski definition) is 1. The van der Waals surface area contributed by atoms with E-state index in [4.69, 9.17) is 8.83 Å². The molecule has 2 aromatic rings. The number of sulfonamides is 1. The highest BCUT2D eigenvalue weighted by Gasteiger charge is 2.21. The van der Waals surface area contributed by atoms with Crippen LogP contribution in [0.25, 0.3) is 0 Å². The van der Waals surface area contributed by atoms with Crippen molar-refractivity contribution < 1.29 is 22.0 Å². The van der Waals surface area contributed by atoms with Gasteiger partial charge in [-0.2, -0.15) is 0 Å². The lowest BCUT2D eigenvalue weighted by molar-refractivity contribution is 0.109. The summed E-state index contributed by atoms with van der Waals surface area (Å²) in [6.45, 7) is 1.71. The van der Waals surface area contributed by atoms with E-state index in [0.29, 0.717) is 18.5 Å². The molecule has 0 saturated heterocycles. The summed E-state index contributed by atoms with van der Waals surface area (Å²) >= 11 is 0. The highest BCUT2D eigenvalue weighted by Crippen LogP contribution is 2.14. The first-order chi connectivity index (χ1) is 9.01. The monoisotopic (exact) mass is 283 g/mol. The average molecular weight is 283 g/mol. The van der Waals surface area contributed by atoms with E-state index >= 15 is 0 Å². The van der Waals surface area contributed by atoms with Gasteiger partial charge in [-0.3, -0.25) is 4.79 Å². The SMILES string of the molecule is CC(Cc1ccco1)NS(=O)(=O)c1ccc(C=O)o1. The van der Waals surface area contributed by atoms with Crippen molar-refractivity contribution in [3.63, 3.8) is 0 Å². The summed E-state index contributed by atoms with van der Waals surface area (Å²) in [6.07, 6.45) is 2.40. The predicted octanol–water partition coefficient (Wildman–Crippen LogP) is 1.59. The number of furan rings is 2. The molecule has 102 valence electrons. The van der Waals surface area contributed by atoms with Crippen LogP contribution >= 0.6 is 0 Å². The Bertz CT molecular complexity index is 641. The zero-order valence-corrected chi connectivity index (χ0v) is 11.0. The molecule has 0 aliphatic heterocycles. The van der Waals surface area contributed by atoms with Crippen molar-refractivity contribution in [3.8, 4) is 0 Å². The zero-order chi connectivity index (χ0) is 13.9. The first-order valence-electron chi connectivity index (χ1n) is 5.61. The fraction of sp³-hybridized carbons (Fsp3) is 0.250. The predicted molar refractivity (Wildman–Crippen MR) is 66.3 cm³/mol. The second-order valence-electron chi connectivity index (χ2n) is 4.08. The van der Waals surface area contributed by atoms with Crippen molar-refractivity contribution in [1.29, 1.82) is 0 Å². The lowest BCUT2D eigenvalue weighted by Crippen LogP contribution is -2.33. The van der Waals surface area contributed by atoms with E-state index in [0.717, 1.165) is 0 Å². The highest BCUT2D eigenvalue weighted by atomic mass is 32.2. The van der Waals surface area contributed by atoms with Crippen molar-refractivity contribution >= 4 is 16.3 Å². The summed E-state index contributed by atoms with van der Waals surface area (Å²) in [5.74, 6) is 0.655. The minimum Gasteiger partial charge on any atom is -0.469 e. The van der Waals surface area contributed by atoms with E-state index in [2.05, 4.69) is 4.72 Å². The van der Waals surface area contributed by atoms with Crippen LogP contribution in [0.1, 0.15) is 23.2 Å². The smallest absolute Gasteiger partial charge is 0.274 e. The van der Waals surface area contributed by atoms with Gasteiger partial charge in [-0.1, -0.05) is 0 Å². The van der Waals surface area contributed by atoms with Crippen LogP contribution in [0.2, 0.25) is 0 Å². The Morgan fingerprint density at radius 3 is 2.74 bits per heavy atom. The van der Waals surface area contributed by atoms with Gasteiger partial charge in [0, 0.05) is 12.5 Å². The van der Waals surface area contributed by atoms with Gasteiger partial charge >= 0.3 is 0 Å². The molecule has 1 N–H and O–H groups in total. The standard InChI is InChI=1S/C12H13NO5S/c1-9(7-10-3-2-6-17-10)13-19(15,16)12-5-4-11(8-14)18-12/h2-6,8-9,13H,7H2,1H3. The fourth-order valence-corrected chi connectivity index (χ4v) is 2.82. The maximum Gasteiger partial charge on any atom is 0.274 e. The quantitative estimate of drug-likeness (QED) is 0.813. The van der Waals surface area contributed by atoms with E-state index in [9.17, 15) is 13.2 Å². The van der Waals surface area contributed by atoms with Crippen LogP contribution in [0.5, 0.6) is 0 Å². The molecule has 19 heavy (non-hydrogen) atoms. The third-order valence-corrected chi connectivity index (χ3v) is 3.89. The average Bonchev–Trinajstić information content (AvgIpc) is 2.97. The molecule has 0 saturated carbocycles. The Hall–Kier alpha value is -1.86. The summed E-state index contributed by atoms with van der Waals surface area (Å²) in [7, 11) is -3.77. The first-order valence-corrected chi connectivity index (χ1v) is 7.09. The summed E-state index contributed by atoms with van der Waals surface area (Å²) in [5.41, 5.74) is 0. The van der Waals surface area contributed by atoms with Crippen LogP contribution in [0, 0.1) is 0 Å². The van der Waals surface area contributed by atoms with Gasteiger partial charge in [0.05, 0.1) is 6.26 Å². The lowest BCUT2D eigenvalue weighted by atomic mass is 10.2. The van der Waals surface area contributed by atoms with Crippen molar-refractivity contribution in [1.82, 2.24) is 4.72 Å². The van der Waals surface area contributed by atoms with E-state index < -0.39 is 10.0 Å². The highest BCUT2D eigenvalue weighted by molar-refractivity contribution is 7.89. The molecule has 0 bridgehead atoms. The van der Waals surface area contributed by atoms with Crippen LogP contribution in [-0.4, -0.2) is 20.7 Å². The molecule has 0 amide bonds. The summed E-state index contributed by atoms with van der Waals surface area (Å²) in [4.78, 5) is 10.5. The molecule has 2 aromatic heterocycles. The molecule has 0 aliphatic carbocycles. The zero-order valence-electron chi connectivity index (χ0n) is 10.2. The van der Waals surface area contributed by atoms with Gasteiger partial charge < -0.3 is 8.83 Å². The van der Waals surface area contributed by atoms with Crippen LogP contribution in [0.3, 0.4) is 0 Å². The minimum absolute atomic E-state index is 0.0286. The van der Waals surface area contributed by atoms with Crippen molar-refractivity contribution in [3.05, 3.63) is 42.0 Å². The maximum atomic E-state index is 11.9. The number of nitrogens with one attached hydrogen (secondary N) is 1. The molecule has 0 aromatic carbocycles. The number of carbonyl (C=O) groups excluding carboxylic acids is 1. The van der Waals surface area contributed by atoms with Gasteiger partial charge in [0.2, 0.25) is 5.09 Å². The lowest BCUT2D eigenvalue weighted by Gasteiger charge is -2.11. The van der Waals surface area contributed by atoms with Crippen molar-refractivity contribution in [2.75, 3.05) is 0 Å². The van der Waals surface area contributed by atoms with E-state index in [1.165, 1.54) is 18.4 Å². The van der Waals surface area contributed by atoms with Gasteiger partial charge in [0.25, 0.3) is 10.0 Å². The second kappa shape index (κ2) is 5.41. The second-order valence-corrected chi connectivity index (χ2v) is 5.73. The number of hydrogen-bond acceptors (Lipinski definition) is 5. The van der Waals surface area contributed by atoms with Gasteiger partial charge in [0.1, 0.15) is 5.76 Å². The van der Waals surface area contributed by atoms with Crippen LogP contribution < -0.4 is 4.72 Å². The molecule has 2 heterocycles.